The number of carbonyl (C=O) groups excluding carboxylic acids is 2. The molecule has 0 bridgehead atoms. The molecule has 3 rings (SSSR count). The highest BCUT2D eigenvalue weighted by molar-refractivity contribution is 6.01. The monoisotopic (exact) mass is 370 g/mol. The molecule has 2 saturated heterocycles. The van der Waals surface area contributed by atoms with E-state index in [1.54, 1.807) is 0 Å². The minimum absolute atomic E-state index is 0.0911. The summed E-state index contributed by atoms with van der Waals surface area (Å²) in [5.74, 6) is 1.29. The first-order chi connectivity index (χ1) is 12.8. The van der Waals surface area contributed by atoms with E-state index in [1.165, 1.54) is 17.5 Å². The molecule has 4 nitrogen and oxygen atoms in total. The molecular weight excluding hydrogens is 336 g/mol. The maximum atomic E-state index is 13.1. The maximum Gasteiger partial charge on any atom is 0.228 e. The van der Waals surface area contributed by atoms with Crippen molar-refractivity contribution in [3.8, 4) is 0 Å². The van der Waals surface area contributed by atoms with Crippen LogP contribution in [-0.4, -0.2) is 36.3 Å². The van der Waals surface area contributed by atoms with Crippen LogP contribution in [-0.2, 0) is 9.59 Å². The Kier molecular flexibility index (Phi) is 5.92. The quantitative estimate of drug-likeness (QED) is 0.780. The van der Waals surface area contributed by atoms with Crippen LogP contribution in [0.1, 0.15) is 76.8 Å². The summed E-state index contributed by atoms with van der Waals surface area (Å²) < 4.78 is 0. The van der Waals surface area contributed by atoms with Crippen molar-refractivity contribution in [1.29, 1.82) is 0 Å². The molecule has 2 unspecified atom stereocenters. The fourth-order valence-corrected chi connectivity index (χ4v) is 4.56. The predicted molar refractivity (Wildman–Crippen MR) is 110 cm³/mol. The lowest BCUT2D eigenvalue weighted by atomic mass is 9.92. The average Bonchev–Trinajstić information content (AvgIpc) is 3.01. The Morgan fingerprint density at radius 2 is 1.70 bits per heavy atom. The summed E-state index contributed by atoms with van der Waals surface area (Å²) in [6.07, 6.45) is 2.61. The first-order valence-corrected chi connectivity index (χ1v) is 10.5. The maximum absolute atomic E-state index is 13.1. The third-order valence-corrected chi connectivity index (χ3v) is 6.06. The molecule has 0 spiro atoms. The Balaban J connectivity index is 1.87. The second-order valence-electron chi connectivity index (χ2n) is 9.03. The second kappa shape index (κ2) is 8.04. The van der Waals surface area contributed by atoms with Crippen LogP contribution >= 0.6 is 0 Å². The number of para-hydroxylation sites is 1. The van der Waals surface area contributed by atoms with E-state index in [9.17, 15) is 9.59 Å². The number of hydrogen-bond acceptors (Lipinski definition) is 2. The summed E-state index contributed by atoms with van der Waals surface area (Å²) in [4.78, 5) is 29.9. The molecule has 2 aliphatic heterocycles. The summed E-state index contributed by atoms with van der Waals surface area (Å²) in [5, 5.41) is 0. The summed E-state index contributed by atoms with van der Waals surface area (Å²) in [7, 11) is 0. The van der Waals surface area contributed by atoms with Gasteiger partial charge < -0.3 is 9.80 Å². The smallest absolute Gasteiger partial charge is 0.228 e. The van der Waals surface area contributed by atoms with E-state index in [2.05, 4.69) is 52.8 Å². The number of nitrogens with zero attached hydrogens (tertiary/aromatic N) is 2. The van der Waals surface area contributed by atoms with Gasteiger partial charge in [-0.05, 0) is 41.7 Å². The highest BCUT2D eigenvalue weighted by atomic mass is 16.2. The van der Waals surface area contributed by atoms with Crippen molar-refractivity contribution in [3.05, 3.63) is 29.3 Å². The fraction of sp³-hybridized carbons (Fsp3) is 0.652. The van der Waals surface area contributed by atoms with E-state index in [0.29, 0.717) is 30.7 Å². The highest BCUT2D eigenvalue weighted by Crippen LogP contribution is 2.38. The third kappa shape index (κ3) is 4.04. The van der Waals surface area contributed by atoms with Gasteiger partial charge in [0, 0.05) is 26.1 Å². The molecule has 0 aliphatic carbocycles. The molecule has 1 aromatic rings. The molecule has 1 aromatic carbocycles. The number of piperidine rings is 1. The van der Waals surface area contributed by atoms with Gasteiger partial charge in [0.1, 0.15) is 0 Å². The molecule has 148 valence electrons. The first-order valence-electron chi connectivity index (χ1n) is 10.5. The van der Waals surface area contributed by atoms with E-state index in [4.69, 9.17) is 0 Å². The molecule has 2 atom stereocenters. The summed E-state index contributed by atoms with van der Waals surface area (Å²) >= 11 is 0. The molecule has 0 saturated carbocycles. The summed E-state index contributed by atoms with van der Waals surface area (Å²) in [6, 6.07) is 6.34. The molecule has 27 heavy (non-hydrogen) atoms. The van der Waals surface area contributed by atoms with Crippen LogP contribution in [0.5, 0.6) is 0 Å². The van der Waals surface area contributed by atoms with Gasteiger partial charge in [0.05, 0.1) is 11.6 Å². The van der Waals surface area contributed by atoms with Gasteiger partial charge in [-0.1, -0.05) is 52.8 Å². The number of amides is 2. The Morgan fingerprint density at radius 1 is 1.07 bits per heavy atom. The van der Waals surface area contributed by atoms with Gasteiger partial charge in [0.2, 0.25) is 11.8 Å². The number of hydrogen-bond donors (Lipinski definition) is 0. The van der Waals surface area contributed by atoms with E-state index in [-0.39, 0.29) is 17.7 Å². The van der Waals surface area contributed by atoms with Gasteiger partial charge in [-0.2, -0.15) is 0 Å². The number of anilines is 1. The largest absolute Gasteiger partial charge is 0.342 e. The molecule has 0 N–H and O–H groups in total. The van der Waals surface area contributed by atoms with Crippen molar-refractivity contribution < 1.29 is 9.59 Å². The Bertz CT molecular complexity index is 684. The van der Waals surface area contributed by atoms with Crippen molar-refractivity contribution in [1.82, 2.24) is 4.90 Å². The van der Waals surface area contributed by atoms with Gasteiger partial charge in [0.25, 0.3) is 0 Å². The zero-order chi connectivity index (χ0) is 19.7. The fourth-order valence-electron chi connectivity index (χ4n) is 4.56. The summed E-state index contributed by atoms with van der Waals surface area (Å²) in [5.41, 5.74) is 3.46. The van der Waals surface area contributed by atoms with E-state index >= 15 is 0 Å². The molecule has 2 heterocycles. The SMILES string of the molecule is CC1CCCN(C(=O)C2CC(=O)N(c3c(C(C)C)cccc3C(C)C)C2)C1. The van der Waals surface area contributed by atoms with Crippen molar-refractivity contribution >= 4 is 17.5 Å². The van der Waals surface area contributed by atoms with Crippen LogP contribution in [0.15, 0.2) is 18.2 Å². The van der Waals surface area contributed by atoms with Gasteiger partial charge >= 0.3 is 0 Å². The number of carbonyl (C=O) groups is 2. The van der Waals surface area contributed by atoms with Gasteiger partial charge in [0.15, 0.2) is 0 Å². The Labute approximate surface area is 163 Å². The Morgan fingerprint density at radius 3 is 2.26 bits per heavy atom. The molecule has 2 fully saturated rings. The molecule has 4 heteroatoms. The lowest BCUT2D eigenvalue weighted by Gasteiger charge is -2.33. The standard InChI is InChI=1S/C23H34N2O2/c1-15(2)19-9-6-10-20(16(3)4)22(19)25-14-18(12-21(25)26)23(27)24-11-7-8-17(5)13-24/h6,9-10,15-18H,7-8,11-14H2,1-5H3. The van der Waals surface area contributed by atoms with Crippen molar-refractivity contribution in [2.24, 2.45) is 11.8 Å². The van der Waals surface area contributed by atoms with Crippen LogP contribution < -0.4 is 4.90 Å². The molecule has 0 radical (unpaired) electrons. The predicted octanol–water partition coefficient (Wildman–Crippen LogP) is 4.54. The van der Waals surface area contributed by atoms with Crippen molar-refractivity contribution in [2.45, 2.75) is 65.7 Å². The lowest BCUT2D eigenvalue weighted by molar-refractivity contribution is -0.137. The zero-order valence-electron chi connectivity index (χ0n) is 17.5. The van der Waals surface area contributed by atoms with Crippen molar-refractivity contribution in [2.75, 3.05) is 24.5 Å². The van der Waals surface area contributed by atoms with Crippen LogP contribution in [0.3, 0.4) is 0 Å². The van der Waals surface area contributed by atoms with Crippen LogP contribution in [0.2, 0.25) is 0 Å². The average molecular weight is 371 g/mol. The first kappa shape index (κ1) is 19.9. The highest BCUT2D eigenvalue weighted by Gasteiger charge is 2.39. The molecular formula is C23H34N2O2. The summed E-state index contributed by atoms with van der Waals surface area (Å²) in [6.45, 7) is 13.1. The van der Waals surface area contributed by atoms with Gasteiger partial charge in [-0.3, -0.25) is 9.59 Å². The minimum atomic E-state index is -0.206. The molecule has 0 aromatic heterocycles. The number of rotatable bonds is 4. The van der Waals surface area contributed by atoms with Crippen LogP contribution in [0.25, 0.3) is 0 Å². The van der Waals surface area contributed by atoms with Gasteiger partial charge in [-0.15, -0.1) is 0 Å². The molecule has 2 aliphatic rings. The van der Waals surface area contributed by atoms with Crippen LogP contribution in [0, 0.1) is 11.8 Å². The second-order valence-corrected chi connectivity index (χ2v) is 9.03. The van der Waals surface area contributed by atoms with E-state index in [1.807, 2.05) is 9.80 Å². The Hall–Kier alpha value is -1.84. The lowest BCUT2D eigenvalue weighted by Crippen LogP contribution is -2.43. The molecule has 2 amide bonds. The topological polar surface area (TPSA) is 40.6 Å². The van der Waals surface area contributed by atoms with Crippen molar-refractivity contribution in [3.63, 3.8) is 0 Å². The normalized spacial score (nSPS) is 23.6. The van der Waals surface area contributed by atoms with E-state index < -0.39 is 0 Å². The number of benzene rings is 1. The van der Waals surface area contributed by atoms with E-state index in [0.717, 1.165) is 25.2 Å². The number of likely N-dealkylation sites (tertiary alicyclic amines) is 1. The zero-order valence-corrected chi connectivity index (χ0v) is 17.5. The minimum Gasteiger partial charge on any atom is -0.342 e. The van der Waals surface area contributed by atoms with Gasteiger partial charge in [-0.25, -0.2) is 0 Å². The van der Waals surface area contributed by atoms with Crippen LogP contribution in [0.4, 0.5) is 5.69 Å². The third-order valence-electron chi connectivity index (χ3n) is 6.06.